The van der Waals surface area contributed by atoms with Crippen LogP contribution in [0.3, 0.4) is 0 Å². The van der Waals surface area contributed by atoms with Crippen molar-refractivity contribution >= 4 is 0 Å². The highest BCUT2D eigenvalue weighted by Crippen LogP contribution is 2.16. The summed E-state index contributed by atoms with van der Waals surface area (Å²) in [5.41, 5.74) is 0. The Bertz CT molecular complexity index is 47.8. The minimum absolute atomic E-state index is 0.366. The van der Waals surface area contributed by atoms with E-state index in [9.17, 15) is 0 Å². The number of hydrogen-bond acceptors (Lipinski definition) is 1. The van der Waals surface area contributed by atoms with E-state index in [2.05, 4.69) is 13.8 Å². The maximum Gasteiger partial charge on any atom is 0.0433 e. The summed E-state index contributed by atoms with van der Waals surface area (Å²) in [6, 6.07) is 0. The van der Waals surface area contributed by atoms with Gasteiger partial charge in [0.05, 0.1) is 0 Å². The zero-order valence-corrected chi connectivity index (χ0v) is 9.27. The summed E-state index contributed by atoms with van der Waals surface area (Å²) in [5.74, 6) is 0.778. The Morgan fingerprint density at radius 2 is 1.33 bits per heavy atom. The fourth-order valence-corrected chi connectivity index (χ4v) is 1.43. The second-order valence-corrected chi connectivity index (χ2v) is 2.96. The van der Waals surface area contributed by atoms with Crippen molar-refractivity contribution in [1.82, 2.24) is 0 Å². The molecule has 1 N–H and O–H groups in total. The lowest BCUT2D eigenvalue weighted by molar-refractivity contribution is 0.245. The monoisotopic (exact) mass is 174 g/mol. The molecule has 0 fully saturated rings. The van der Waals surface area contributed by atoms with Crippen LogP contribution < -0.4 is 0 Å². The van der Waals surface area contributed by atoms with Gasteiger partial charge in [0.15, 0.2) is 0 Å². The van der Waals surface area contributed by atoms with Gasteiger partial charge in [-0.1, -0.05) is 53.4 Å². The van der Waals surface area contributed by atoms with Gasteiger partial charge in [-0.25, -0.2) is 0 Å². The summed E-state index contributed by atoms with van der Waals surface area (Å²) in [6.45, 7) is 8.78. The highest BCUT2D eigenvalue weighted by atomic mass is 16.3. The van der Waals surface area contributed by atoms with E-state index >= 15 is 0 Å². The first-order chi connectivity index (χ1) is 5.85. The lowest BCUT2D eigenvalue weighted by atomic mass is 9.95. The standard InChI is InChI=1S/C9H20O.C2H6/c1-3-5-9(6-4-2)7-8-10;1-2/h9-10H,3-8H2,1-2H3;1-2H3. The minimum atomic E-state index is 0.366. The molecule has 76 valence electrons. The van der Waals surface area contributed by atoms with Gasteiger partial charge < -0.3 is 5.11 Å². The molecular formula is C11H26O. The molecule has 0 heterocycles. The Morgan fingerprint density at radius 3 is 1.58 bits per heavy atom. The van der Waals surface area contributed by atoms with E-state index in [0.717, 1.165) is 12.3 Å². The third kappa shape index (κ3) is 9.96. The highest BCUT2D eigenvalue weighted by molar-refractivity contribution is 4.56. The molecule has 1 heteroatoms. The van der Waals surface area contributed by atoms with E-state index in [-0.39, 0.29) is 0 Å². The molecule has 0 radical (unpaired) electrons. The van der Waals surface area contributed by atoms with Crippen molar-refractivity contribution in [2.75, 3.05) is 6.61 Å². The van der Waals surface area contributed by atoms with Gasteiger partial charge in [0.1, 0.15) is 0 Å². The van der Waals surface area contributed by atoms with Crippen LogP contribution >= 0.6 is 0 Å². The van der Waals surface area contributed by atoms with Crippen molar-refractivity contribution < 1.29 is 5.11 Å². The van der Waals surface area contributed by atoms with Crippen LogP contribution in [0.15, 0.2) is 0 Å². The number of aliphatic hydroxyl groups is 1. The molecule has 12 heavy (non-hydrogen) atoms. The van der Waals surface area contributed by atoms with Gasteiger partial charge in [-0.3, -0.25) is 0 Å². The number of rotatable bonds is 6. The first kappa shape index (κ1) is 14.5. The van der Waals surface area contributed by atoms with Crippen molar-refractivity contribution in [3.05, 3.63) is 0 Å². The SMILES string of the molecule is CC.CCCC(CCC)CCO. The Balaban J connectivity index is 0. The molecule has 0 rings (SSSR count). The maximum absolute atomic E-state index is 8.69. The van der Waals surface area contributed by atoms with Gasteiger partial charge >= 0.3 is 0 Å². The Hall–Kier alpha value is -0.0400. The molecule has 0 aromatic carbocycles. The molecule has 0 amide bonds. The average Bonchev–Trinajstić information content (AvgIpc) is 2.10. The van der Waals surface area contributed by atoms with Crippen LogP contribution in [0.25, 0.3) is 0 Å². The van der Waals surface area contributed by atoms with E-state index in [4.69, 9.17) is 5.11 Å². The highest BCUT2D eigenvalue weighted by Gasteiger charge is 2.04. The summed E-state index contributed by atoms with van der Waals surface area (Å²) >= 11 is 0. The molecule has 0 aliphatic heterocycles. The number of aliphatic hydroxyl groups excluding tert-OH is 1. The fourth-order valence-electron chi connectivity index (χ4n) is 1.43. The Labute approximate surface area is 78.2 Å². The summed E-state index contributed by atoms with van der Waals surface area (Å²) in [4.78, 5) is 0. The minimum Gasteiger partial charge on any atom is -0.396 e. The van der Waals surface area contributed by atoms with Crippen molar-refractivity contribution in [1.29, 1.82) is 0 Å². The normalized spacial score (nSPS) is 9.50. The van der Waals surface area contributed by atoms with Gasteiger partial charge in [0.2, 0.25) is 0 Å². The van der Waals surface area contributed by atoms with Crippen molar-refractivity contribution in [2.45, 2.75) is 59.8 Å². The van der Waals surface area contributed by atoms with Crippen LogP contribution in [-0.4, -0.2) is 11.7 Å². The summed E-state index contributed by atoms with van der Waals surface area (Å²) in [7, 11) is 0. The van der Waals surface area contributed by atoms with E-state index in [1.165, 1.54) is 25.7 Å². The third-order valence-electron chi connectivity index (χ3n) is 1.93. The molecule has 0 aliphatic rings. The van der Waals surface area contributed by atoms with Crippen molar-refractivity contribution in [2.24, 2.45) is 5.92 Å². The molecule has 0 aliphatic carbocycles. The smallest absolute Gasteiger partial charge is 0.0433 e. The Kier molecular flexibility index (Phi) is 16.3. The first-order valence-corrected chi connectivity index (χ1v) is 5.46. The van der Waals surface area contributed by atoms with E-state index in [1.807, 2.05) is 13.8 Å². The van der Waals surface area contributed by atoms with Gasteiger partial charge in [0, 0.05) is 6.61 Å². The van der Waals surface area contributed by atoms with Crippen LogP contribution in [0.1, 0.15) is 59.8 Å². The molecule has 0 unspecified atom stereocenters. The van der Waals surface area contributed by atoms with E-state index < -0.39 is 0 Å². The first-order valence-electron chi connectivity index (χ1n) is 5.46. The quantitative estimate of drug-likeness (QED) is 0.652. The van der Waals surface area contributed by atoms with Crippen LogP contribution in [0.5, 0.6) is 0 Å². The molecule has 0 bridgehead atoms. The largest absolute Gasteiger partial charge is 0.396 e. The van der Waals surface area contributed by atoms with E-state index in [0.29, 0.717) is 6.61 Å². The average molecular weight is 174 g/mol. The molecule has 0 atom stereocenters. The number of hydrogen-bond donors (Lipinski definition) is 1. The molecule has 0 aromatic rings. The van der Waals surface area contributed by atoms with Crippen LogP contribution in [0.4, 0.5) is 0 Å². The third-order valence-corrected chi connectivity index (χ3v) is 1.93. The van der Waals surface area contributed by atoms with Crippen molar-refractivity contribution in [3.8, 4) is 0 Å². The summed E-state index contributed by atoms with van der Waals surface area (Å²) in [6.07, 6.45) is 6.08. The second kappa shape index (κ2) is 13.5. The molecule has 0 saturated heterocycles. The summed E-state index contributed by atoms with van der Waals surface area (Å²) < 4.78 is 0. The fraction of sp³-hybridized carbons (Fsp3) is 1.00. The van der Waals surface area contributed by atoms with Crippen LogP contribution in [0.2, 0.25) is 0 Å². The second-order valence-electron chi connectivity index (χ2n) is 2.96. The summed E-state index contributed by atoms with van der Waals surface area (Å²) in [5, 5.41) is 8.69. The topological polar surface area (TPSA) is 20.2 Å². The predicted octanol–water partition coefficient (Wildman–Crippen LogP) is 3.61. The Morgan fingerprint density at radius 1 is 0.917 bits per heavy atom. The lowest BCUT2D eigenvalue weighted by Gasteiger charge is -2.12. The van der Waals surface area contributed by atoms with Crippen LogP contribution in [-0.2, 0) is 0 Å². The van der Waals surface area contributed by atoms with Crippen molar-refractivity contribution in [3.63, 3.8) is 0 Å². The predicted molar refractivity (Wildman–Crippen MR) is 56.4 cm³/mol. The van der Waals surface area contributed by atoms with Gasteiger partial charge in [-0.2, -0.15) is 0 Å². The van der Waals surface area contributed by atoms with Gasteiger partial charge in [-0.15, -0.1) is 0 Å². The van der Waals surface area contributed by atoms with Gasteiger partial charge in [0.25, 0.3) is 0 Å². The molecule has 0 saturated carbocycles. The molecule has 1 nitrogen and oxygen atoms in total. The maximum atomic E-state index is 8.69. The molecular weight excluding hydrogens is 148 g/mol. The molecule has 0 spiro atoms. The zero-order valence-electron chi connectivity index (χ0n) is 9.27. The van der Waals surface area contributed by atoms with E-state index in [1.54, 1.807) is 0 Å². The zero-order chi connectivity index (χ0) is 9.82. The molecule has 0 aromatic heterocycles. The van der Waals surface area contributed by atoms with Crippen LogP contribution in [0, 0.1) is 5.92 Å². The van der Waals surface area contributed by atoms with Gasteiger partial charge in [-0.05, 0) is 12.3 Å². The lowest BCUT2D eigenvalue weighted by Crippen LogP contribution is -2.01.